The Balaban J connectivity index is 3.35. The summed E-state index contributed by atoms with van der Waals surface area (Å²) in [5.41, 5.74) is 2.06. The van der Waals surface area contributed by atoms with E-state index in [0.29, 0.717) is 11.7 Å². The minimum Gasteiger partial charge on any atom is -0.340 e. The van der Waals surface area contributed by atoms with E-state index < -0.39 is 0 Å². The molecule has 1 aromatic rings. The molecule has 0 aliphatic rings. The predicted octanol–water partition coefficient (Wildman–Crippen LogP) is 3.96. The molecule has 15 heavy (non-hydrogen) atoms. The topological polar surface area (TPSA) is 29.5 Å². The summed E-state index contributed by atoms with van der Waals surface area (Å²) >= 11 is 0. The summed E-state index contributed by atoms with van der Waals surface area (Å²) in [5, 5.41) is 9.01. The Bertz CT molecular complexity index is 335. The van der Waals surface area contributed by atoms with Crippen molar-refractivity contribution in [3.05, 3.63) is 29.3 Å². The standard InChI is InChI=1S/C13H20O2/c1-9(2)10-7-6-8-11(12(10)15-14)13(3,4)5/h6-9,14H,1-5H3. The molecule has 84 valence electrons. The first-order valence-corrected chi connectivity index (χ1v) is 5.32. The highest BCUT2D eigenvalue weighted by molar-refractivity contribution is 5.46. The Hall–Kier alpha value is -1.02. The lowest BCUT2D eigenvalue weighted by Gasteiger charge is -2.23. The molecule has 0 radical (unpaired) electrons. The summed E-state index contributed by atoms with van der Waals surface area (Å²) in [7, 11) is 0. The van der Waals surface area contributed by atoms with E-state index in [0.717, 1.165) is 11.1 Å². The molecule has 0 atom stereocenters. The van der Waals surface area contributed by atoms with Crippen molar-refractivity contribution < 1.29 is 10.1 Å². The second-order valence-electron chi connectivity index (χ2n) is 5.22. The Morgan fingerprint density at radius 1 is 1.20 bits per heavy atom. The van der Waals surface area contributed by atoms with Gasteiger partial charge in [0.05, 0.1) is 0 Å². The van der Waals surface area contributed by atoms with Crippen LogP contribution in [0.4, 0.5) is 0 Å². The Morgan fingerprint density at radius 3 is 2.20 bits per heavy atom. The molecule has 0 aliphatic carbocycles. The molecule has 0 amide bonds. The van der Waals surface area contributed by atoms with Gasteiger partial charge in [-0.15, -0.1) is 0 Å². The van der Waals surface area contributed by atoms with Gasteiger partial charge in [-0.3, -0.25) is 0 Å². The fraction of sp³-hybridized carbons (Fsp3) is 0.538. The zero-order valence-electron chi connectivity index (χ0n) is 10.2. The van der Waals surface area contributed by atoms with Gasteiger partial charge in [0.1, 0.15) is 0 Å². The van der Waals surface area contributed by atoms with Gasteiger partial charge in [-0.05, 0) is 11.3 Å². The molecule has 1 aromatic carbocycles. The van der Waals surface area contributed by atoms with Crippen molar-refractivity contribution in [1.29, 1.82) is 0 Å². The maximum atomic E-state index is 9.01. The van der Waals surface area contributed by atoms with Crippen LogP contribution in [0.1, 0.15) is 51.7 Å². The lowest BCUT2D eigenvalue weighted by Crippen LogP contribution is -2.14. The van der Waals surface area contributed by atoms with Crippen molar-refractivity contribution in [2.75, 3.05) is 0 Å². The van der Waals surface area contributed by atoms with Gasteiger partial charge >= 0.3 is 0 Å². The highest BCUT2D eigenvalue weighted by Crippen LogP contribution is 2.36. The van der Waals surface area contributed by atoms with Gasteiger partial charge < -0.3 is 4.89 Å². The Kier molecular flexibility index (Phi) is 3.40. The zero-order valence-corrected chi connectivity index (χ0v) is 10.2. The molecule has 0 aromatic heterocycles. The van der Waals surface area contributed by atoms with Crippen LogP contribution in [0.5, 0.6) is 5.75 Å². The molecule has 1 rings (SSSR count). The van der Waals surface area contributed by atoms with E-state index in [1.807, 2.05) is 18.2 Å². The molecule has 0 saturated carbocycles. The molecule has 2 nitrogen and oxygen atoms in total. The highest BCUT2D eigenvalue weighted by Gasteiger charge is 2.22. The third-order valence-electron chi connectivity index (χ3n) is 2.57. The quantitative estimate of drug-likeness (QED) is 0.589. The maximum absolute atomic E-state index is 9.01. The van der Waals surface area contributed by atoms with Crippen LogP contribution >= 0.6 is 0 Å². The monoisotopic (exact) mass is 208 g/mol. The van der Waals surface area contributed by atoms with Crippen LogP contribution < -0.4 is 4.89 Å². The molecule has 0 unspecified atom stereocenters. The normalized spacial score (nSPS) is 11.9. The van der Waals surface area contributed by atoms with Crippen LogP contribution in [0, 0.1) is 0 Å². The van der Waals surface area contributed by atoms with E-state index in [1.54, 1.807) is 0 Å². The SMILES string of the molecule is CC(C)c1cccc(C(C)(C)C)c1OO. The van der Waals surface area contributed by atoms with E-state index in [-0.39, 0.29) is 5.41 Å². The van der Waals surface area contributed by atoms with Crippen LogP contribution in [-0.4, -0.2) is 5.26 Å². The van der Waals surface area contributed by atoms with Crippen molar-refractivity contribution in [3.63, 3.8) is 0 Å². The summed E-state index contributed by atoms with van der Waals surface area (Å²) < 4.78 is 0. The highest BCUT2D eigenvalue weighted by atomic mass is 17.1. The Morgan fingerprint density at radius 2 is 1.80 bits per heavy atom. The van der Waals surface area contributed by atoms with E-state index in [1.165, 1.54) is 0 Å². The minimum absolute atomic E-state index is 0.0248. The van der Waals surface area contributed by atoms with Crippen LogP contribution in [0.25, 0.3) is 0 Å². The summed E-state index contributed by atoms with van der Waals surface area (Å²) in [6.07, 6.45) is 0. The van der Waals surface area contributed by atoms with Crippen molar-refractivity contribution in [2.24, 2.45) is 0 Å². The first kappa shape index (κ1) is 12.1. The lowest BCUT2D eigenvalue weighted by molar-refractivity contribution is -0.139. The second kappa shape index (κ2) is 4.23. The molecule has 0 bridgehead atoms. The smallest absolute Gasteiger partial charge is 0.172 e. The number of para-hydroxylation sites is 1. The average Bonchev–Trinajstić information content (AvgIpc) is 2.15. The lowest BCUT2D eigenvalue weighted by atomic mass is 9.84. The van der Waals surface area contributed by atoms with Gasteiger partial charge in [0, 0.05) is 11.1 Å². The predicted molar refractivity (Wildman–Crippen MR) is 62.5 cm³/mol. The number of rotatable bonds is 2. The van der Waals surface area contributed by atoms with Gasteiger partial charge in [0.15, 0.2) is 5.75 Å². The molecule has 0 saturated heterocycles. The molecule has 1 N–H and O–H groups in total. The molecule has 0 heterocycles. The van der Waals surface area contributed by atoms with Gasteiger partial charge in [-0.1, -0.05) is 52.8 Å². The van der Waals surface area contributed by atoms with Crippen LogP contribution in [0.3, 0.4) is 0 Å². The molecule has 0 aliphatic heterocycles. The van der Waals surface area contributed by atoms with Gasteiger partial charge in [-0.25, -0.2) is 5.26 Å². The Labute approximate surface area is 91.8 Å². The van der Waals surface area contributed by atoms with Crippen LogP contribution in [-0.2, 0) is 5.41 Å². The van der Waals surface area contributed by atoms with Crippen LogP contribution in [0.15, 0.2) is 18.2 Å². The molecule has 0 fully saturated rings. The van der Waals surface area contributed by atoms with Crippen molar-refractivity contribution in [2.45, 2.75) is 46.0 Å². The zero-order chi connectivity index (χ0) is 11.6. The first-order chi connectivity index (χ1) is 6.88. The fourth-order valence-corrected chi connectivity index (χ4v) is 1.70. The summed E-state index contributed by atoms with van der Waals surface area (Å²) in [4.78, 5) is 4.56. The fourth-order valence-electron chi connectivity index (χ4n) is 1.70. The second-order valence-corrected chi connectivity index (χ2v) is 5.22. The van der Waals surface area contributed by atoms with Crippen molar-refractivity contribution >= 4 is 0 Å². The molecular formula is C13H20O2. The van der Waals surface area contributed by atoms with E-state index >= 15 is 0 Å². The van der Waals surface area contributed by atoms with Crippen LogP contribution in [0.2, 0.25) is 0 Å². The average molecular weight is 208 g/mol. The number of benzene rings is 1. The van der Waals surface area contributed by atoms with E-state index in [2.05, 4.69) is 39.5 Å². The number of hydrogen-bond donors (Lipinski definition) is 1. The summed E-state index contributed by atoms with van der Waals surface area (Å²) in [5.74, 6) is 0.953. The third kappa shape index (κ3) is 2.51. The molecule has 2 heteroatoms. The summed E-state index contributed by atoms with van der Waals surface area (Å²) in [6.45, 7) is 10.5. The largest absolute Gasteiger partial charge is 0.340 e. The first-order valence-electron chi connectivity index (χ1n) is 5.32. The minimum atomic E-state index is -0.0248. The van der Waals surface area contributed by atoms with Gasteiger partial charge in [0.25, 0.3) is 0 Å². The van der Waals surface area contributed by atoms with Crippen molar-refractivity contribution in [3.8, 4) is 5.75 Å². The molecule has 0 spiro atoms. The number of hydrogen-bond acceptors (Lipinski definition) is 2. The maximum Gasteiger partial charge on any atom is 0.172 e. The third-order valence-corrected chi connectivity index (χ3v) is 2.57. The van der Waals surface area contributed by atoms with E-state index in [9.17, 15) is 0 Å². The summed E-state index contributed by atoms with van der Waals surface area (Å²) in [6, 6.07) is 6.00. The van der Waals surface area contributed by atoms with Gasteiger partial charge in [-0.2, -0.15) is 0 Å². The van der Waals surface area contributed by atoms with Crippen molar-refractivity contribution in [1.82, 2.24) is 0 Å². The van der Waals surface area contributed by atoms with E-state index in [4.69, 9.17) is 5.26 Å². The molecular weight excluding hydrogens is 188 g/mol. The van der Waals surface area contributed by atoms with Gasteiger partial charge in [0.2, 0.25) is 0 Å².